The van der Waals surface area contributed by atoms with E-state index >= 15 is 0 Å². The van der Waals surface area contributed by atoms with Crippen molar-refractivity contribution in [2.45, 2.75) is 38.3 Å². The standard InChI is InChI=1S/C15H21N3OS/c1-3-8-18-11-12(10-17-18)19-14-6-5-7-15(20-4-2)13(14)9-16/h5-7,10-11H,3-4,8-9,16H2,1-2H3. The van der Waals surface area contributed by atoms with E-state index in [9.17, 15) is 0 Å². The summed E-state index contributed by atoms with van der Waals surface area (Å²) in [6.07, 6.45) is 4.72. The van der Waals surface area contributed by atoms with E-state index in [0.717, 1.165) is 35.8 Å². The molecule has 0 radical (unpaired) electrons. The predicted molar refractivity (Wildman–Crippen MR) is 83.3 cm³/mol. The molecule has 20 heavy (non-hydrogen) atoms. The molecule has 0 fully saturated rings. The molecule has 1 aromatic heterocycles. The Morgan fingerprint density at radius 1 is 1.35 bits per heavy atom. The quantitative estimate of drug-likeness (QED) is 0.791. The number of rotatable bonds is 7. The first-order valence-electron chi connectivity index (χ1n) is 6.93. The molecule has 0 aliphatic heterocycles. The maximum atomic E-state index is 5.94. The highest BCUT2D eigenvalue weighted by atomic mass is 32.2. The zero-order valence-electron chi connectivity index (χ0n) is 12.0. The number of benzene rings is 1. The molecule has 0 aliphatic carbocycles. The SMILES string of the molecule is CCCn1cc(Oc2cccc(SCC)c2CN)cn1. The van der Waals surface area contributed by atoms with Crippen LogP contribution in [0.15, 0.2) is 35.5 Å². The van der Waals surface area contributed by atoms with Crippen LogP contribution in [0.4, 0.5) is 0 Å². The molecule has 0 atom stereocenters. The van der Waals surface area contributed by atoms with Gasteiger partial charge in [-0.15, -0.1) is 11.8 Å². The fraction of sp³-hybridized carbons (Fsp3) is 0.400. The molecule has 5 heteroatoms. The van der Waals surface area contributed by atoms with Crippen LogP contribution in [0.2, 0.25) is 0 Å². The highest BCUT2D eigenvalue weighted by Crippen LogP contribution is 2.32. The van der Waals surface area contributed by atoms with Crippen LogP contribution in [-0.2, 0) is 13.1 Å². The normalized spacial score (nSPS) is 10.8. The summed E-state index contributed by atoms with van der Waals surface area (Å²) in [6, 6.07) is 6.05. The van der Waals surface area contributed by atoms with Gasteiger partial charge in [-0.3, -0.25) is 4.68 Å². The number of nitrogens with two attached hydrogens (primary N) is 1. The number of aromatic nitrogens is 2. The summed E-state index contributed by atoms with van der Waals surface area (Å²) in [5, 5.41) is 4.27. The van der Waals surface area contributed by atoms with Crippen molar-refractivity contribution in [1.29, 1.82) is 0 Å². The molecular formula is C15H21N3OS. The van der Waals surface area contributed by atoms with E-state index in [1.54, 1.807) is 18.0 Å². The van der Waals surface area contributed by atoms with Crippen LogP contribution < -0.4 is 10.5 Å². The fourth-order valence-electron chi connectivity index (χ4n) is 2.01. The van der Waals surface area contributed by atoms with E-state index < -0.39 is 0 Å². The second kappa shape index (κ2) is 7.36. The van der Waals surface area contributed by atoms with Gasteiger partial charge in [-0.2, -0.15) is 5.10 Å². The van der Waals surface area contributed by atoms with Gasteiger partial charge in [-0.25, -0.2) is 0 Å². The Balaban J connectivity index is 2.21. The van der Waals surface area contributed by atoms with E-state index in [1.165, 1.54) is 4.90 Å². The van der Waals surface area contributed by atoms with Gasteiger partial charge in [0.25, 0.3) is 0 Å². The Morgan fingerprint density at radius 2 is 2.20 bits per heavy atom. The van der Waals surface area contributed by atoms with Crippen LogP contribution in [-0.4, -0.2) is 15.5 Å². The van der Waals surface area contributed by atoms with Gasteiger partial charge in [-0.05, 0) is 24.3 Å². The lowest BCUT2D eigenvalue weighted by atomic mass is 10.2. The first-order valence-corrected chi connectivity index (χ1v) is 7.92. The van der Waals surface area contributed by atoms with Crippen LogP contribution in [0.3, 0.4) is 0 Å². The molecule has 2 N–H and O–H groups in total. The Labute approximate surface area is 124 Å². The highest BCUT2D eigenvalue weighted by molar-refractivity contribution is 7.99. The van der Waals surface area contributed by atoms with E-state index in [2.05, 4.69) is 25.0 Å². The largest absolute Gasteiger partial charge is 0.454 e. The predicted octanol–water partition coefficient (Wildman–Crippen LogP) is 3.66. The first-order chi connectivity index (χ1) is 9.78. The van der Waals surface area contributed by atoms with E-state index in [1.807, 2.05) is 23.0 Å². The Hall–Kier alpha value is -1.46. The third-order valence-electron chi connectivity index (χ3n) is 2.88. The van der Waals surface area contributed by atoms with Crippen molar-refractivity contribution < 1.29 is 4.74 Å². The maximum Gasteiger partial charge on any atom is 0.165 e. The molecule has 108 valence electrons. The summed E-state index contributed by atoms with van der Waals surface area (Å²) in [5.41, 5.74) is 6.93. The number of nitrogens with zero attached hydrogens (tertiary/aromatic N) is 2. The van der Waals surface area contributed by atoms with Crippen molar-refractivity contribution in [1.82, 2.24) is 9.78 Å². The Bertz CT molecular complexity index is 554. The summed E-state index contributed by atoms with van der Waals surface area (Å²) < 4.78 is 7.83. The lowest BCUT2D eigenvalue weighted by Gasteiger charge is -2.12. The van der Waals surface area contributed by atoms with Gasteiger partial charge < -0.3 is 10.5 Å². The van der Waals surface area contributed by atoms with Crippen molar-refractivity contribution in [3.05, 3.63) is 36.2 Å². The number of ether oxygens (including phenoxy) is 1. The second-order valence-corrected chi connectivity index (χ2v) is 5.72. The van der Waals surface area contributed by atoms with E-state index in [4.69, 9.17) is 10.5 Å². The summed E-state index contributed by atoms with van der Waals surface area (Å²) >= 11 is 1.78. The minimum absolute atomic E-state index is 0.474. The molecule has 0 saturated carbocycles. The molecule has 0 aliphatic rings. The maximum absolute atomic E-state index is 5.94. The van der Waals surface area contributed by atoms with Crippen molar-refractivity contribution in [3.8, 4) is 11.5 Å². The molecule has 4 nitrogen and oxygen atoms in total. The van der Waals surface area contributed by atoms with Crippen molar-refractivity contribution in [3.63, 3.8) is 0 Å². The number of aryl methyl sites for hydroxylation is 1. The van der Waals surface area contributed by atoms with Crippen LogP contribution in [0, 0.1) is 0 Å². The zero-order chi connectivity index (χ0) is 14.4. The van der Waals surface area contributed by atoms with Crippen LogP contribution in [0.25, 0.3) is 0 Å². The smallest absolute Gasteiger partial charge is 0.165 e. The van der Waals surface area contributed by atoms with Crippen LogP contribution in [0.1, 0.15) is 25.8 Å². The van der Waals surface area contributed by atoms with Gasteiger partial charge in [0, 0.05) is 23.5 Å². The van der Waals surface area contributed by atoms with E-state index in [0.29, 0.717) is 6.54 Å². The lowest BCUT2D eigenvalue weighted by Crippen LogP contribution is -2.01. The summed E-state index contributed by atoms with van der Waals surface area (Å²) in [7, 11) is 0. The molecule has 0 bridgehead atoms. The zero-order valence-corrected chi connectivity index (χ0v) is 12.8. The second-order valence-electron chi connectivity index (χ2n) is 4.41. The monoisotopic (exact) mass is 291 g/mol. The fourth-order valence-corrected chi connectivity index (χ4v) is 2.85. The molecule has 1 aromatic carbocycles. The summed E-state index contributed by atoms with van der Waals surface area (Å²) in [6.45, 7) is 5.63. The van der Waals surface area contributed by atoms with Crippen molar-refractivity contribution in [2.75, 3.05) is 5.75 Å². The molecule has 1 heterocycles. The number of hydrogen-bond donors (Lipinski definition) is 1. The van der Waals surface area contributed by atoms with Gasteiger partial charge in [0.15, 0.2) is 5.75 Å². The minimum Gasteiger partial charge on any atom is -0.454 e. The van der Waals surface area contributed by atoms with Gasteiger partial charge in [-0.1, -0.05) is 19.9 Å². The molecular weight excluding hydrogens is 270 g/mol. The third-order valence-corrected chi connectivity index (χ3v) is 3.87. The number of hydrogen-bond acceptors (Lipinski definition) is 4. The van der Waals surface area contributed by atoms with Gasteiger partial charge in [0.2, 0.25) is 0 Å². The molecule has 0 amide bonds. The Kier molecular flexibility index (Phi) is 5.49. The summed E-state index contributed by atoms with van der Waals surface area (Å²) in [5.74, 6) is 2.60. The van der Waals surface area contributed by atoms with Crippen molar-refractivity contribution in [2.24, 2.45) is 5.73 Å². The summed E-state index contributed by atoms with van der Waals surface area (Å²) in [4.78, 5) is 1.19. The van der Waals surface area contributed by atoms with Crippen LogP contribution >= 0.6 is 11.8 Å². The lowest BCUT2D eigenvalue weighted by molar-refractivity contribution is 0.472. The van der Waals surface area contributed by atoms with Gasteiger partial charge in [0.05, 0.1) is 12.4 Å². The third kappa shape index (κ3) is 3.55. The molecule has 2 rings (SSSR count). The van der Waals surface area contributed by atoms with Gasteiger partial charge in [0.1, 0.15) is 5.75 Å². The molecule has 2 aromatic rings. The van der Waals surface area contributed by atoms with Crippen LogP contribution in [0.5, 0.6) is 11.5 Å². The Morgan fingerprint density at radius 3 is 2.90 bits per heavy atom. The van der Waals surface area contributed by atoms with Crippen molar-refractivity contribution >= 4 is 11.8 Å². The molecule has 0 saturated heterocycles. The molecule has 0 spiro atoms. The highest BCUT2D eigenvalue weighted by Gasteiger charge is 2.10. The average molecular weight is 291 g/mol. The van der Waals surface area contributed by atoms with Gasteiger partial charge >= 0.3 is 0 Å². The number of thioether (sulfide) groups is 1. The molecule has 0 unspecified atom stereocenters. The topological polar surface area (TPSA) is 53.1 Å². The minimum atomic E-state index is 0.474. The van der Waals surface area contributed by atoms with E-state index in [-0.39, 0.29) is 0 Å². The first kappa shape index (κ1) is 14.9. The average Bonchev–Trinajstić information content (AvgIpc) is 2.87.